The van der Waals surface area contributed by atoms with Gasteiger partial charge in [0.2, 0.25) is 0 Å². The lowest BCUT2D eigenvalue weighted by molar-refractivity contribution is 0.0420. The molecular weight excluding hydrogens is 230 g/mol. The van der Waals surface area contributed by atoms with Crippen molar-refractivity contribution in [2.24, 2.45) is 11.7 Å². The highest BCUT2D eigenvalue weighted by Gasteiger charge is 2.33. The lowest BCUT2D eigenvalue weighted by Gasteiger charge is -2.22. The quantitative estimate of drug-likeness (QED) is 0.865. The summed E-state index contributed by atoms with van der Waals surface area (Å²) < 4.78 is 17.0. The molecule has 1 aromatic carbocycles. The summed E-state index contributed by atoms with van der Waals surface area (Å²) in [5.41, 5.74) is 6.69. The van der Waals surface area contributed by atoms with Crippen LogP contribution in [-0.4, -0.2) is 26.4 Å². The summed E-state index contributed by atoms with van der Waals surface area (Å²) >= 11 is 0. The van der Waals surface area contributed by atoms with Crippen LogP contribution in [0.15, 0.2) is 18.2 Å². The van der Waals surface area contributed by atoms with E-state index >= 15 is 0 Å². The molecule has 98 valence electrons. The first kappa shape index (κ1) is 11.8. The molecule has 4 nitrogen and oxygen atoms in total. The van der Waals surface area contributed by atoms with Crippen molar-refractivity contribution in [3.63, 3.8) is 0 Å². The van der Waals surface area contributed by atoms with Gasteiger partial charge in [-0.25, -0.2) is 0 Å². The molecule has 18 heavy (non-hydrogen) atoms. The molecule has 1 aliphatic carbocycles. The number of benzene rings is 1. The molecule has 1 aliphatic heterocycles. The van der Waals surface area contributed by atoms with Gasteiger partial charge in [0.15, 0.2) is 11.5 Å². The molecule has 0 spiro atoms. The van der Waals surface area contributed by atoms with Gasteiger partial charge in [0.25, 0.3) is 0 Å². The number of hydrogen-bond acceptors (Lipinski definition) is 4. The number of rotatable bonds is 5. The molecule has 1 unspecified atom stereocenters. The first-order chi connectivity index (χ1) is 8.88. The maximum atomic E-state index is 5.87. The Kier molecular flexibility index (Phi) is 3.39. The Hall–Kier alpha value is -1.26. The zero-order valence-corrected chi connectivity index (χ0v) is 10.4. The fraction of sp³-hybridized carbons (Fsp3) is 0.571. The van der Waals surface area contributed by atoms with Gasteiger partial charge in [-0.3, -0.25) is 0 Å². The van der Waals surface area contributed by atoms with Gasteiger partial charge in [0.05, 0.1) is 12.7 Å². The van der Waals surface area contributed by atoms with Crippen LogP contribution in [0.5, 0.6) is 11.5 Å². The molecule has 1 saturated carbocycles. The van der Waals surface area contributed by atoms with Crippen LogP contribution in [0.2, 0.25) is 0 Å². The van der Waals surface area contributed by atoms with Crippen LogP contribution < -0.4 is 15.2 Å². The minimum Gasteiger partial charge on any atom is -0.486 e. The number of nitrogens with two attached hydrogens (primary N) is 1. The van der Waals surface area contributed by atoms with Gasteiger partial charge in [-0.05, 0) is 36.5 Å². The molecule has 0 radical (unpaired) electrons. The Morgan fingerprint density at radius 3 is 2.72 bits per heavy atom. The molecule has 1 fully saturated rings. The molecule has 0 saturated heterocycles. The van der Waals surface area contributed by atoms with Crippen molar-refractivity contribution < 1.29 is 14.2 Å². The minimum absolute atomic E-state index is 0.157. The second-order valence-corrected chi connectivity index (χ2v) is 4.82. The average Bonchev–Trinajstić information content (AvgIpc) is 3.24. The van der Waals surface area contributed by atoms with Crippen molar-refractivity contribution in [3.05, 3.63) is 23.8 Å². The Morgan fingerprint density at radius 1 is 1.22 bits per heavy atom. The van der Waals surface area contributed by atoms with Crippen molar-refractivity contribution in [2.45, 2.75) is 18.9 Å². The van der Waals surface area contributed by atoms with Gasteiger partial charge >= 0.3 is 0 Å². The largest absolute Gasteiger partial charge is 0.486 e. The van der Waals surface area contributed by atoms with E-state index in [9.17, 15) is 0 Å². The maximum Gasteiger partial charge on any atom is 0.161 e. The Bertz CT molecular complexity index is 418. The predicted octanol–water partition coefficient (Wildman–Crippen LogP) is 1.88. The van der Waals surface area contributed by atoms with Crippen molar-refractivity contribution in [2.75, 3.05) is 26.4 Å². The molecule has 0 amide bonds. The average molecular weight is 249 g/mol. The highest BCUT2D eigenvalue weighted by molar-refractivity contribution is 5.44. The van der Waals surface area contributed by atoms with E-state index in [1.165, 1.54) is 18.4 Å². The van der Waals surface area contributed by atoms with Crippen molar-refractivity contribution >= 4 is 0 Å². The minimum atomic E-state index is 0.157. The van der Waals surface area contributed by atoms with Crippen LogP contribution >= 0.6 is 0 Å². The first-order valence-electron chi connectivity index (χ1n) is 6.59. The summed E-state index contributed by atoms with van der Waals surface area (Å²) in [4.78, 5) is 0. The molecule has 0 bridgehead atoms. The molecular formula is C14H19NO3. The van der Waals surface area contributed by atoms with Crippen molar-refractivity contribution in [1.29, 1.82) is 0 Å². The van der Waals surface area contributed by atoms with E-state index in [0.29, 0.717) is 32.3 Å². The van der Waals surface area contributed by atoms with E-state index in [1.54, 1.807) is 0 Å². The fourth-order valence-electron chi connectivity index (χ4n) is 2.34. The molecule has 0 aromatic heterocycles. The molecule has 2 aliphatic rings. The third-order valence-corrected chi connectivity index (χ3v) is 3.36. The molecule has 1 aromatic rings. The monoisotopic (exact) mass is 249 g/mol. The summed E-state index contributed by atoms with van der Waals surface area (Å²) in [5.74, 6) is 2.30. The second-order valence-electron chi connectivity index (χ2n) is 4.82. The van der Waals surface area contributed by atoms with Crippen LogP contribution in [0.3, 0.4) is 0 Å². The highest BCUT2D eigenvalue weighted by atomic mass is 16.6. The lowest BCUT2D eigenvalue weighted by atomic mass is 10.0. The van der Waals surface area contributed by atoms with Crippen LogP contribution in [0.1, 0.15) is 24.5 Å². The SMILES string of the molecule is NCCOC(c1ccc2c(c1)OCCO2)C1CC1. The normalized spacial score (nSPS) is 19.6. The van der Waals surface area contributed by atoms with Crippen molar-refractivity contribution in [1.82, 2.24) is 0 Å². The molecule has 4 heteroatoms. The highest BCUT2D eigenvalue weighted by Crippen LogP contribution is 2.45. The maximum absolute atomic E-state index is 5.87. The van der Waals surface area contributed by atoms with E-state index in [2.05, 4.69) is 6.07 Å². The third-order valence-electron chi connectivity index (χ3n) is 3.36. The molecule has 1 atom stereocenters. The van der Waals surface area contributed by atoms with Gasteiger partial charge in [-0.1, -0.05) is 6.07 Å². The molecule has 1 heterocycles. The van der Waals surface area contributed by atoms with Gasteiger partial charge in [-0.2, -0.15) is 0 Å². The number of fused-ring (bicyclic) bond motifs is 1. The van der Waals surface area contributed by atoms with E-state index in [-0.39, 0.29) is 6.10 Å². The van der Waals surface area contributed by atoms with Crippen LogP contribution in [-0.2, 0) is 4.74 Å². The predicted molar refractivity (Wildman–Crippen MR) is 67.9 cm³/mol. The van der Waals surface area contributed by atoms with E-state index in [0.717, 1.165) is 11.5 Å². The van der Waals surface area contributed by atoms with E-state index in [1.807, 2.05) is 12.1 Å². The van der Waals surface area contributed by atoms with Crippen LogP contribution in [0.25, 0.3) is 0 Å². The zero-order chi connectivity index (χ0) is 12.4. The third kappa shape index (κ3) is 2.44. The van der Waals surface area contributed by atoms with Crippen LogP contribution in [0, 0.1) is 5.92 Å². The second kappa shape index (κ2) is 5.16. The van der Waals surface area contributed by atoms with E-state index in [4.69, 9.17) is 19.9 Å². The number of ether oxygens (including phenoxy) is 3. The summed E-state index contributed by atoms with van der Waals surface area (Å²) in [6.07, 6.45) is 2.64. The summed E-state index contributed by atoms with van der Waals surface area (Å²) in [6, 6.07) is 6.10. The van der Waals surface area contributed by atoms with E-state index < -0.39 is 0 Å². The topological polar surface area (TPSA) is 53.7 Å². The Balaban J connectivity index is 1.80. The Labute approximate surface area is 107 Å². The smallest absolute Gasteiger partial charge is 0.161 e. The fourth-order valence-corrected chi connectivity index (χ4v) is 2.34. The van der Waals surface area contributed by atoms with Gasteiger partial charge in [-0.15, -0.1) is 0 Å². The summed E-state index contributed by atoms with van der Waals surface area (Å²) in [6.45, 7) is 2.42. The summed E-state index contributed by atoms with van der Waals surface area (Å²) in [5, 5.41) is 0. The van der Waals surface area contributed by atoms with Gasteiger partial charge < -0.3 is 19.9 Å². The summed E-state index contributed by atoms with van der Waals surface area (Å²) in [7, 11) is 0. The lowest BCUT2D eigenvalue weighted by Crippen LogP contribution is -2.17. The van der Waals surface area contributed by atoms with Gasteiger partial charge in [0, 0.05) is 6.54 Å². The first-order valence-corrected chi connectivity index (χ1v) is 6.59. The van der Waals surface area contributed by atoms with Crippen LogP contribution in [0.4, 0.5) is 0 Å². The molecule has 3 rings (SSSR count). The molecule has 2 N–H and O–H groups in total. The Morgan fingerprint density at radius 2 is 2.00 bits per heavy atom. The standard InChI is InChI=1S/C14H19NO3/c15-5-6-18-14(10-1-2-10)11-3-4-12-13(9-11)17-8-7-16-12/h3-4,9-10,14H,1-2,5-8,15H2. The number of hydrogen-bond donors (Lipinski definition) is 1. The van der Waals surface area contributed by atoms with Crippen molar-refractivity contribution in [3.8, 4) is 11.5 Å². The zero-order valence-electron chi connectivity index (χ0n) is 10.4. The van der Waals surface area contributed by atoms with Gasteiger partial charge in [0.1, 0.15) is 13.2 Å².